The Labute approximate surface area is 122 Å². The molecule has 1 aromatic heterocycles. The molecular formula is C16H16FN3O. The van der Waals surface area contributed by atoms with Gasteiger partial charge in [0.2, 0.25) is 5.95 Å². The van der Waals surface area contributed by atoms with Gasteiger partial charge in [0.05, 0.1) is 17.6 Å². The molecule has 2 N–H and O–H groups in total. The number of nitrogen functional groups attached to an aromatic ring is 1. The number of rotatable bonds is 5. The number of anilines is 1. The maximum atomic E-state index is 13.2. The zero-order valence-electron chi connectivity index (χ0n) is 11.5. The number of benzene rings is 2. The Hall–Kier alpha value is -2.56. The molecule has 0 saturated carbocycles. The molecule has 0 spiro atoms. The molecule has 4 nitrogen and oxygen atoms in total. The van der Waals surface area contributed by atoms with Gasteiger partial charge in [-0.25, -0.2) is 9.37 Å². The Morgan fingerprint density at radius 2 is 1.95 bits per heavy atom. The molecule has 0 saturated heterocycles. The zero-order valence-corrected chi connectivity index (χ0v) is 11.5. The maximum absolute atomic E-state index is 13.2. The molecule has 0 radical (unpaired) electrons. The fourth-order valence-corrected chi connectivity index (χ4v) is 2.29. The SMILES string of the molecule is Nc1nc2cc(F)ccc2n1CCCOc1ccccc1. The molecule has 0 amide bonds. The van der Waals surface area contributed by atoms with Gasteiger partial charge in [-0.15, -0.1) is 0 Å². The van der Waals surface area contributed by atoms with E-state index in [0.29, 0.717) is 24.6 Å². The van der Waals surface area contributed by atoms with Crippen LogP contribution in [-0.2, 0) is 6.54 Å². The zero-order chi connectivity index (χ0) is 14.7. The van der Waals surface area contributed by atoms with E-state index in [-0.39, 0.29) is 5.82 Å². The molecule has 5 heteroatoms. The number of imidazole rings is 1. The first-order valence-electron chi connectivity index (χ1n) is 6.83. The quantitative estimate of drug-likeness (QED) is 0.732. The van der Waals surface area contributed by atoms with Crippen LogP contribution in [0.4, 0.5) is 10.3 Å². The van der Waals surface area contributed by atoms with Crippen LogP contribution in [0.15, 0.2) is 48.5 Å². The predicted octanol–water partition coefficient (Wildman–Crippen LogP) is 3.23. The van der Waals surface area contributed by atoms with Crippen molar-refractivity contribution in [3.63, 3.8) is 0 Å². The van der Waals surface area contributed by atoms with Crippen LogP contribution < -0.4 is 10.5 Å². The third kappa shape index (κ3) is 2.97. The van der Waals surface area contributed by atoms with Crippen molar-refractivity contribution in [1.82, 2.24) is 9.55 Å². The smallest absolute Gasteiger partial charge is 0.201 e. The molecule has 0 aliphatic heterocycles. The van der Waals surface area contributed by atoms with Crippen molar-refractivity contribution in [2.24, 2.45) is 0 Å². The van der Waals surface area contributed by atoms with Crippen molar-refractivity contribution < 1.29 is 9.13 Å². The van der Waals surface area contributed by atoms with Crippen molar-refractivity contribution in [3.8, 4) is 5.75 Å². The van der Waals surface area contributed by atoms with Gasteiger partial charge in [-0.2, -0.15) is 0 Å². The number of nitrogens with two attached hydrogens (primary N) is 1. The van der Waals surface area contributed by atoms with Gasteiger partial charge >= 0.3 is 0 Å². The second-order valence-corrected chi connectivity index (χ2v) is 4.77. The summed E-state index contributed by atoms with van der Waals surface area (Å²) < 4.78 is 20.7. The molecule has 0 fully saturated rings. The summed E-state index contributed by atoms with van der Waals surface area (Å²) in [6.07, 6.45) is 0.794. The Kier molecular flexibility index (Phi) is 3.73. The van der Waals surface area contributed by atoms with Gasteiger partial charge in [-0.05, 0) is 30.7 Å². The van der Waals surface area contributed by atoms with Gasteiger partial charge in [0.15, 0.2) is 0 Å². The minimum absolute atomic E-state index is 0.306. The molecule has 0 aliphatic carbocycles. The normalized spacial score (nSPS) is 10.9. The van der Waals surface area contributed by atoms with Gasteiger partial charge in [-0.1, -0.05) is 18.2 Å². The Balaban J connectivity index is 1.64. The van der Waals surface area contributed by atoms with Gasteiger partial charge in [0.1, 0.15) is 11.6 Å². The fraction of sp³-hybridized carbons (Fsp3) is 0.188. The second kappa shape index (κ2) is 5.83. The number of aromatic nitrogens is 2. The lowest BCUT2D eigenvalue weighted by Gasteiger charge is -2.08. The highest BCUT2D eigenvalue weighted by atomic mass is 19.1. The van der Waals surface area contributed by atoms with E-state index in [1.165, 1.54) is 12.1 Å². The first-order valence-corrected chi connectivity index (χ1v) is 6.83. The van der Waals surface area contributed by atoms with Gasteiger partial charge in [0.25, 0.3) is 0 Å². The highest BCUT2D eigenvalue weighted by molar-refractivity contribution is 5.78. The molecule has 0 unspecified atom stereocenters. The molecule has 21 heavy (non-hydrogen) atoms. The summed E-state index contributed by atoms with van der Waals surface area (Å²) in [7, 11) is 0. The number of ether oxygens (including phenoxy) is 1. The average Bonchev–Trinajstić information content (AvgIpc) is 2.79. The molecule has 3 rings (SSSR count). The number of hydrogen-bond donors (Lipinski definition) is 1. The summed E-state index contributed by atoms with van der Waals surface area (Å²) >= 11 is 0. The summed E-state index contributed by atoms with van der Waals surface area (Å²) in [5.74, 6) is 0.943. The van der Waals surface area contributed by atoms with E-state index >= 15 is 0 Å². The van der Waals surface area contributed by atoms with Crippen LogP contribution in [0, 0.1) is 5.82 Å². The average molecular weight is 285 g/mol. The lowest BCUT2D eigenvalue weighted by Crippen LogP contribution is -2.07. The molecule has 1 heterocycles. The highest BCUT2D eigenvalue weighted by Gasteiger charge is 2.08. The summed E-state index contributed by atoms with van der Waals surface area (Å²) in [6.45, 7) is 1.27. The van der Waals surface area contributed by atoms with Crippen LogP contribution in [0.2, 0.25) is 0 Å². The van der Waals surface area contributed by atoms with Gasteiger partial charge in [0, 0.05) is 12.6 Å². The number of aryl methyl sites for hydroxylation is 1. The van der Waals surface area contributed by atoms with E-state index in [4.69, 9.17) is 10.5 Å². The molecule has 3 aromatic rings. The predicted molar refractivity (Wildman–Crippen MR) is 80.7 cm³/mol. The molecule has 0 atom stereocenters. The van der Waals surface area contributed by atoms with Crippen LogP contribution in [0.3, 0.4) is 0 Å². The highest BCUT2D eigenvalue weighted by Crippen LogP contribution is 2.19. The monoisotopic (exact) mass is 285 g/mol. The molecule has 108 valence electrons. The first-order chi connectivity index (χ1) is 10.2. The van der Waals surface area contributed by atoms with Crippen LogP contribution in [-0.4, -0.2) is 16.2 Å². The summed E-state index contributed by atoms with van der Waals surface area (Å²) in [5.41, 5.74) is 7.31. The second-order valence-electron chi connectivity index (χ2n) is 4.77. The number of halogens is 1. The third-order valence-electron chi connectivity index (χ3n) is 3.28. The largest absolute Gasteiger partial charge is 0.494 e. The lowest BCUT2D eigenvalue weighted by molar-refractivity contribution is 0.303. The van der Waals surface area contributed by atoms with Crippen LogP contribution in [0.5, 0.6) is 5.75 Å². The minimum atomic E-state index is -0.306. The van der Waals surface area contributed by atoms with E-state index in [1.807, 2.05) is 34.9 Å². The third-order valence-corrected chi connectivity index (χ3v) is 3.28. The van der Waals surface area contributed by atoms with Crippen molar-refractivity contribution >= 4 is 17.0 Å². The van der Waals surface area contributed by atoms with E-state index in [9.17, 15) is 4.39 Å². The summed E-state index contributed by atoms with van der Waals surface area (Å²) in [5, 5.41) is 0. The molecule has 0 bridgehead atoms. The van der Waals surface area contributed by atoms with Gasteiger partial charge < -0.3 is 15.0 Å². The van der Waals surface area contributed by atoms with Crippen molar-refractivity contribution in [1.29, 1.82) is 0 Å². The fourth-order valence-electron chi connectivity index (χ4n) is 2.29. The molecule has 2 aromatic carbocycles. The van der Waals surface area contributed by atoms with Crippen molar-refractivity contribution in [2.75, 3.05) is 12.3 Å². The lowest BCUT2D eigenvalue weighted by atomic mass is 10.3. The van der Waals surface area contributed by atoms with E-state index < -0.39 is 0 Å². The Morgan fingerprint density at radius 1 is 1.14 bits per heavy atom. The number of hydrogen-bond acceptors (Lipinski definition) is 3. The maximum Gasteiger partial charge on any atom is 0.201 e. The topological polar surface area (TPSA) is 53.1 Å². The molecule has 0 aliphatic rings. The van der Waals surface area contributed by atoms with Crippen molar-refractivity contribution in [3.05, 3.63) is 54.3 Å². The first kappa shape index (κ1) is 13.4. The van der Waals surface area contributed by atoms with E-state index in [1.54, 1.807) is 6.07 Å². The van der Waals surface area contributed by atoms with Gasteiger partial charge in [-0.3, -0.25) is 0 Å². The molecular weight excluding hydrogens is 269 g/mol. The van der Waals surface area contributed by atoms with Crippen molar-refractivity contribution in [2.45, 2.75) is 13.0 Å². The Bertz CT molecular complexity index is 740. The number of nitrogens with zero attached hydrogens (tertiary/aromatic N) is 2. The summed E-state index contributed by atoms with van der Waals surface area (Å²) in [6, 6.07) is 14.2. The number of fused-ring (bicyclic) bond motifs is 1. The van der Waals surface area contributed by atoms with E-state index in [0.717, 1.165) is 17.7 Å². The van der Waals surface area contributed by atoms with Crippen LogP contribution >= 0.6 is 0 Å². The van der Waals surface area contributed by atoms with Crippen LogP contribution in [0.1, 0.15) is 6.42 Å². The van der Waals surface area contributed by atoms with Crippen LogP contribution in [0.25, 0.3) is 11.0 Å². The minimum Gasteiger partial charge on any atom is -0.494 e. The number of para-hydroxylation sites is 1. The van der Waals surface area contributed by atoms with E-state index in [2.05, 4.69) is 4.98 Å². The Morgan fingerprint density at radius 3 is 2.76 bits per heavy atom. The standard InChI is InChI=1S/C16H16FN3O/c17-12-7-8-15-14(11-12)19-16(18)20(15)9-4-10-21-13-5-2-1-3-6-13/h1-3,5-8,11H,4,9-10H2,(H2,18,19). The summed E-state index contributed by atoms with van der Waals surface area (Å²) in [4.78, 5) is 4.17.